The number of hydrogen-bond acceptors (Lipinski definition) is 14. The Kier molecular flexibility index (Phi) is 28.5. The topological polar surface area (TPSA) is 154 Å². The Morgan fingerprint density at radius 1 is 0.489 bits per heavy atom. The fourth-order valence-corrected chi connectivity index (χ4v) is 3.45. The number of benzene rings is 1. The quantitative estimate of drug-likeness (QED) is 0.0646. The van der Waals surface area contributed by atoms with Crippen molar-refractivity contribution in [2.24, 2.45) is 0 Å². The molecule has 0 saturated heterocycles. The lowest BCUT2D eigenvalue weighted by Gasteiger charge is -2.19. The van der Waals surface area contributed by atoms with Gasteiger partial charge >= 0.3 is 5.97 Å². The fourth-order valence-electron chi connectivity index (χ4n) is 3.45. The van der Waals surface area contributed by atoms with Crippen molar-refractivity contribution < 1.29 is 61.6 Å². The summed E-state index contributed by atoms with van der Waals surface area (Å²) < 4.78 is 65.3. The Bertz CT molecular complexity index is 841. The molecule has 0 radical (unpaired) electrons. The minimum absolute atomic E-state index is 0.231. The van der Waals surface area contributed by atoms with Gasteiger partial charge in [0, 0.05) is 0 Å². The number of carbonyl (C=O) groups excluding carboxylic acids is 1. The van der Waals surface area contributed by atoms with Gasteiger partial charge in [-0.3, -0.25) is 4.79 Å². The third-order valence-electron chi connectivity index (χ3n) is 5.62. The van der Waals surface area contributed by atoms with Gasteiger partial charge < -0.3 is 62.6 Å². The SMILES string of the molecule is CC(C)(C)OC(=O)CCOCCOCCOCCOCCOCCOCCOCCOCCOCCOCCOc1ccccc1N. The van der Waals surface area contributed by atoms with E-state index in [0.717, 1.165) is 0 Å². The van der Waals surface area contributed by atoms with Crippen LogP contribution >= 0.6 is 0 Å². The second-order valence-corrected chi connectivity index (χ2v) is 10.8. The average molecular weight is 678 g/mol. The highest BCUT2D eigenvalue weighted by Crippen LogP contribution is 2.19. The van der Waals surface area contributed by atoms with Gasteiger partial charge in [-0.15, -0.1) is 0 Å². The molecule has 1 rings (SSSR count). The van der Waals surface area contributed by atoms with E-state index < -0.39 is 5.60 Å². The van der Waals surface area contributed by atoms with E-state index in [1.807, 2.05) is 39.0 Å². The van der Waals surface area contributed by atoms with Crippen molar-refractivity contribution >= 4 is 11.7 Å². The Morgan fingerprint density at radius 2 is 0.787 bits per heavy atom. The molecule has 0 bridgehead atoms. The highest BCUT2D eigenvalue weighted by molar-refractivity contribution is 5.69. The summed E-state index contributed by atoms with van der Waals surface area (Å²) in [5, 5.41) is 0. The van der Waals surface area contributed by atoms with Crippen molar-refractivity contribution in [3.63, 3.8) is 0 Å². The maximum Gasteiger partial charge on any atom is 0.308 e. The molecule has 0 fully saturated rings. The van der Waals surface area contributed by atoms with Crippen molar-refractivity contribution in [3.05, 3.63) is 24.3 Å². The maximum atomic E-state index is 11.6. The molecule has 0 aliphatic carbocycles. The largest absolute Gasteiger partial charge is 0.489 e. The van der Waals surface area contributed by atoms with Crippen LogP contribution in [0.1, 0.15) is 27.2 Å². The number of nitrogens with two attached hydrogens (primary N) is 1. The standard InChI is InChI=1S/C33H59NO13/c1-33(2,3)47-32(35)8-9-36-10-11-37-12-13-38-14-15-39-16-17-40-18-19-41-20-21-42-22-23-43-24-25-44-26-27-45-28-29-46-31-7-5-4-6-30(31)34/h4-7H,8-29,34H2,1-3H3. The molecule has 274 valence electrons. The number of carbonyl (C=O) groups is 1. The monoisotopic (exact) mass is 677 g/mol. The molecule has 1 aromatic carbocycles. The lowest BCUT2D eigenvalue weighted by atomic mass is 10.2. The predicted octanol–water partition coefficient (Wildman–Crippen LogP) is 2.55. The van der Waals surface area contributed by atoms with Crippen LogP contribution in [0.3, 0.4) is 0 Å². The third-order valence-corrected chi connectivity index (χ3v) is 5.62. The lowest BCUT2D eigenvalue weighted by molar-refractivity contribution is -0.156. The summed E-state index contributed by atoms with van der Waals surface area (Å²) in [6, 6.07) is 7.37. The molecule has 2 N–H and O–H groups in total. The Balaban J connectivity index is 1.65. The molecule has 0 heterocycles. The molecule has 0 spiro atoms. The summed E-state index contributed by atoms with van der Waals surface area (Å²) in [4.78, 5) is 11.6. The lowest BCUT2D eigenvalue weighted by Crippen LogP contribution is -2.24. The minimum atomic E-state index is -0.475. The van der Waals surface area contributed by atoms with Gasteiger partial charge in [0.05, 0.1) is 144 Å². The molecular formula is C33H59NO13. The normalized spacial score (nSPS) is 11.6. The van der Waals surface area contributed by atoms with Crippen LogP contribution in [0.15, 0.2) is 24.3 Å². The van der Waals surface area contributed by atoms with Crippen LogP contribution < -0.4 is 10.5 Å². The molecule has 47 heavy (non-hydrogen) atoms. The summed E-state index contributed by atoms with van der Waals surface area (Å²) in [5.41, 5.74) is 5.96. The van der Waals surface area contributed by atoms with Crippen LogP contribution in [0, 0.1) is 0 Å². The van der Waals surface area contributed by atoms with Gasteiger partial charge in [0.25, 0.3) is 0 Å². The first-order valence-electron chi connectivity index (χ1n) is 16.3. The van der Waals surface area contributed by atoms with Crippen molar-refractivity contribution in [1.29, 1.82) is 0 Å². The second-order valence-electron chi connectivity index (χ2n) is 10.8. The van der Waals surface area contributed by atoms with Crippen molar-refractivity contribution in [2.75, 3.05) is 144 Å². The minimum Gasteiger partial charge on any atom is -0.489 e. The number of anilines is 1. The van der Waals surface area contributed by atoms with Crippen molar-refractivity contribution in [2.45, 2.75) is 32.8 Å². The van der Waals surface area contributed by atoms with Crippen LogP contribution in [-0.2, 0) is 56.9 Å². The fraction of sp³-hybridized carbons (Fsp3) is 0.788. The Hall–Kier alpha value is -2.11. The van der Waals surface area contributed by atoms with E-state index in [-0.39, 0.29) is 12.4 Å². The van der Waals surface area contributed by atoms with Gasteiger partial charge in [-0.05, 0) is 32.9 Å². The molecule has 0 aliphatic rings. The average Bonchev–Trinajstić information content (AvgIpc) is 3.03. The van der Waals surface area contributed by atoms with E-state index in [1.165, 1.54) is 0 Å². The Morgan fingerprint density at radius 3 is 1.11 bits per heavy atom. The van der Waals surface area contributed by atoms with E-state index in [0.29, 0.717) is 150 Å². The summed E-state index contributed by atoms with van der Waals surface area (Å²) in [7, 11) is 0. The third kappa shape index (κ3) is 30.9. The zero-order valence-electron chi connectivity index (χ0n) is 28.8. The van der Waals surface area contributed by atoms with Gasteiger partial charge in [-0.25, -0.2) is 0 Å². The first-order chi connectivity index (χ1) is 22.9. The van der Waals surface area contributed by atoms with Crippen molar-refractivity contribution in [3.8, 4) is 5.75 Å². The molecular weight excluding hydrogens is 618 g/mol. The Labute approximate surface area is 280 Å². The van der Waals surface area contributed by atoms with E-state index in [1.54, 1.807) is 6.07 Å². The number of hydrogen-bond donors (Lipinski definition) is 1. The molecule has 0 aliphatic heterocycles. The van der Waals surface area contributed by atoms with Crippen LogP contribution in [0.25, 0.3) is 0 Å². The van der Waals surface area contributed by atoms with Crippen LogP contribution in [0.5, 0.6) is 5.75 Å². The number of nitrogen functional groups attached to an aromatic ring is 1. The van der Waals surface area contributed by atoms with Crippen LogP contribution in [0.2, 0.25) is 0 Å². The first kappa shape index (κ1) is 42.9. The molecule has 14 heteroatoms. The summed E-state index contributed by atoms with van der Waals surface area (Å²) in [6.07, 6.45) is 0.231. The zero-order valence-corrected chi connectivity index (χ0v) is 28.8. The number of esters is 1. The highest BCUT2D eigenvalue weighted by Gasteiger charge is 2.15. The number of para-hydroxylation sites is 2. The molecule has 0 saturated carbocycles. The maximum absolute atomic E-state index is 11.6. The second kappa shape index (κ2) is 31.2. The smallest absolute Gasteiger partial charge is 0.308 e. The molecule has 1 aromatic rings. The van der Waals surface area contributed by atoms with Gasteiger partial charge in [-0.2, -0.15) is 0 Å². The summed E-state index contributed by atoms with van der Waals surface area (Å²) in [5.74, 6) is 0.399. The summed E-state index contributed by atoms with van der Waals surface area (Å²) in [6.45, 7) is 15.4. The molecule has 0 unspecified atom stereocenters. The van der Waals surface area contributed by atoms with Gasteiger partial charge in [0.2, 0.25) is 0 Å². The molecule has 0 atom stereocenters. The van der Waals surface area contributed by atoms with E-state index in [4.69, 9.17) is 62.6 Å². The predicted molar refractivity (Wildman–Crippen MR) is 175 cm³/mol. The molecule has 0 aromatic heterocycles. The summed E-state index contributed by atoms with van der Waals surface area (Å²) >= 11 is 0. The van der Waals surface area contributed by atoms with E-state index in [2.05, 4.69) is 0 Å². The van der Waals surface area contributed by atoms with Gasteiger partial charge in [0.1, 0.15) is 18.0 Å². The van der Waals surface area contributed by atoms with Gasteiger partial charge in [-0.1, -0.05) is 12.1 Å². The first-order valence-corrected chi connectivity index (χ1v) is 16.3. The number of rotatable bonds is 34. The van der Waals surface area contributed by atoms with Crippen LogP contribution in [0.4, 0.5) is 5.69 Å². The zero-order chi connectivity index (χ0) is 34.1. The highest BCUT2D eigenvalue weighted by atomic mass is 16.6. The van der Waals surface area contributed by atoms with Gasteiger partial charge in [0.15, 0.2) is 0 Å². The van der Waals surface area contributed by atoms with Crippen LogP contribution in [-0.4, -0.2) is 150 Å². The molecule has 14 nitrogen and oxygen atoms in total. The number of ether oxygens (including phenoxy) is 12. The van der Waals surface area contributed by atoms with Crippen molar-refractivity contribution in [1.82, 2.24) is 0 Å². The van der Waals surface area contributed by atoms with E-state index >= 15 is 0 Å². The van der Waals surface area contributed by atoms with E-state index in [9.17, 15) is 4.79 Å². The molecule has 0 amide bonds.